The fraction of sp³-hybridized carbons (Fsp3) is 0.500. The van der Waals surface area contributed by atoms with Crippen molar-refractivity contribution in [2.45, 2.75) is 31.5 Å². The summed E-state index contributed by atoms with van der Waals surface area (Å²) in [5.41, 5.74) is 1.68. The minimum atomic E-state index is -4.17. The van der Waals surface area contributed by atoms with Crippen molar-refractivity contribution in [1.82, 2.24) is 14.9 Å². The Hall–Kier alpha value is -1.56. The molecule has 20 heavy (non-hydrogen) atoms. The predicted octanol–water partition coefficient (Wildman–Crippen LogP) is 3.65. The number of aromatic nitrogens is 2. The van der Waals surface area contributed by atoms with Crippen molar-refractivity contribution in [3.63, 3.8) is 0 Å². The van der Waals surface area contributed by atoms with Gasteiger partial charge in [-0.2, -0.15) is 13.2 Å². The van der Waals surface area contributed by atoms with Crippen LogP contribution in [0.2, 0.25) is 0 Å². The molecule has 6 heteroatoms. The normalized spacial score (nSPS) is 21.4. The molecule has 1 atom stereocenters. The summed E-state index contributed by atoms with van der Waals surface area (Å²) < 4.78 is 38.0. The molecule has 0 saturated carbocycles. The third-order valence-corrected chi connectivity index (χ3v) is 3.72. The molecular weight excluding hydrogens is 267 g/mol. The van der Waals surface area contributed by atoms with E-state index in [4.69, 9.17) is 0 Å². The molecule has 0 amide bonds. The van der Waals surface area contributed by atoms with E-state index >= 15 is 0 Å². The van der Waals surface area contributed by atoms with Gasteiger partial charge in [0.25, 0.3) is 0 Å². The number of alkyl halides is 3. The molecule has 0 spiro atoms. The molecule has 0 aliphatic carbocycles. The summed E-state index contributed by atoms with van der Waals surface area (Å²) in [7, 11) is 0. The second-order valence-electron chi connectivity index (χ2n) is 5.24. The Labute approximate surface area is 114 Å². The highest BCUT2D eigenvalue weighted by atomic mass is 19.4. The second-order valence-corrected chi connectivity index (χ2v) is 5.24. The molecule has 3 rings (SSSR count). The first-order chi connectivity index (χ1) is 9.53. The van der Waals surface area contributed by atoms with Gasteiger partial charge in [-0.25, -0.2) is 4.98 Å². The third kappa shape index (κ3) is 2.80. The number of hydrogen-bond donors (Lipinski definition) is 1. The first-order valence-corrected chi connectivity index (χ1v) is 6.78. The lowest BCUT2D eigenvalue weighted by molar-refractivity contribution is -0.154. The van der Waals surface area contributed by atoms with E-state index in [0.29, 0.717) is 12.4 Å². The van der Waals surface area contributed by atoms with E-state index in [1.165, 1.54) is 4.90 Å². The molecule has 0 bridgehead atoms. The average Bonchev–Trinajstić information content (AvgIpc) is 2.81. The Morgan fingerprint density at radius 1 is 1.25 bits per heavy atom. The summed E-state index contributed by atoms with van der Waals surface area (Å²) in [6, 6.07) is 7.26. The molecule has 1 aliphatic rings. The first-order valence-electron chi connectivity index (χ1n) is 6.78. The smallest absolute Gasteiger partial charge is 0.341 e. The largest absolute Gasteiger partial charge is 0.401 e. The number of imidazole rings is 1. The van der Waals surface area contributed by atoms with Gasteiger partial charge >= 0.3 is 6.18 Å². The zero-order valence-electron chi connectivity index (χ0n) is 11.0. The first kappa shape index (κ1) is 13.4. The van der Waals surface area contributed by atoms with Crippen LogP contribution in [0.5, 0.6) is 0 Å². The van der Waals surface area contributed by atoms with Gasteiger partial charge in [-0.1, -0.05) is 18.6 Å². The molecule has 1 saturated heterocycles. The van der Waals surface area contributed by atoms with E-state index in [1.807, 2.05) is 24.3 Å². The summed E-state index contributed by atoms with van der Waals surface area (Å²) >= 11 is 0. The minimum Gasteiger partial charge on any atom is -0.341 e. The van der Waals surface area contributed by atoms with Gasteiger partial charge in [0.15, 0.2) is 0 Å². The van der Waals surface area contributed by atoms with Gasteiger partial charge in [0.1, 0.15) is 5.82 Å². The average molecular weight is 283 g/mol. The molecule has 2 aromatic rings. The Morgan fingerprint density at radius 3 is 2.80 bits per heavy atom. The van der Waals surface area contributed by atoms with Crippen molar-refractivity contribution in [2.75, 3.05) is 13.1 Å². The summed E-state index contributed by atoms with van der Waals surface area (Å²) in [5.74, 6) is 0.648. The van der Waals surface area contributed by atoms with Crippen LogP contribution >= 0.6 is 0 Å². The van der Waals surface area contributed by atoms with Gasteiger partial charge in [-0.15, -0.1) is 0 Å². The number of nitrogens with zero attached hydrogens (tertiary/aromatic N) is 2. The summed E-state index contributed by atoms with van der Waals surface area (Å²) in [6.07, 6.45) is -1.69. The van der Waals surface area contributed by atoms with Crippen LogP contribution in [0.3, 0.4) is 0 Å². The molecule has 3 nitrogen and oxygen atoms in total. The topological polar surface area (TPSA) is 31.9 Å². The quantitative estimate of drug-likeness (QED) is 0.912. The number of H-pyrrole nitrogens is 1. The van der Waals surface area contributed by atoms with E-state index in [1.54, 1.807) is 0 Å². The number of piperidine rings is 1. The molecule has 1 aliphatic heterocycles. The Balaban J connectivity index is 1.88. The number of aromatic amines is 1. The van der Waals surface area contributed by atoms with Crippen LogP contribution in [0.25, 0.3) is 11.0 Å². The van der Waals surface area contributed by atoms with Crippen molar-refractivity contribution in [3.8, 4) is 0 Å². The molecule has 2 heterocycles. The van der Waals surface area contributed by atoms with Gasteiger partial charge in [0.2, 0.25) is 0 Å². The fourth-order valence-corrected chi connectivity index (χ4v) is 2.85. The zero-order valence-corrected chi connectivity index (χ0v) is 11.0. The van der Waals surface area contributed by atoms with E-state index in [9.17, 15) is 13.2 Å². The fourth-order valence-electron chi connectivity index (χ4n) is 2.85. The van der Waals surface area contributed by atoms with Gasteiger partial charge in [0, 0.05) is 0 Å². The minimum absolute atomic E-state index is 0.266. The lowest BCUT2D eigenvalue weighted by Crippen LogP contribution is -2.40. The molecule has 0 radical (unpaired) electrons. The highest BCUT2D eigenvalue weighted by Crippen LogP contribution is 2.32. The number of para-hydroxylation sites is 2. The lowest BCUT2D eigenvalue weighted by atomic mass is 10.0. The number of fused-ring (bicyclic) bond motifs is 1. The van der Waals surface area contributed by atoms with Crippen molar-refractivity contribution in [2.24, 2.45) is 0 Å². The number of likely N-dealkylation sites (tertiary alicyclic amines) is 1. The van der Waals surface area contributed by atoms with Crippen LogP contribution in [0.4, 0.5) is 13.2 Å². The Kier molecular flexibility index (Phi) is 3.41. The molecule has 1 aromatic carbocycles. The number of benzene rings is 1. The Morgan fingerprint density at radius 2 is 2.05 bits per heavy atom. The molecule has 1 N–H and O–H groups in total. The van der Waals surface area contributed by atoms with E-state index in [2.05, 4.69) is 9.97 Å². The predicted molar refractivity (Wildman–Crippen MR) is 70.3 cm³/mol. The highest BCUT2D eigenvalue weighted by molar-refractivity contribution is 5.74. The van der Waals surface area contributed by atoms with Crippen molar-refractivity contribution in [1.29, 1.82) is 0 Å². The van der Waals surface area contributed by atoms with E-state index in [0.717, 1.165) is 30.3 Å². The monoisotopic (exact) mass is 283 g/mol. The van der Waals surface area contributed by atoms with Gasteiger partial charge in [-0.3, -0.25) is 4.90 Å². The molecule has 108 valence electrons. The standard InChI is InChI=1S/C14H16F3N3/c15-14(16,17)9-20-8-4-3-7-12(20)13-18-10-5-1-2-6-11(10)19-13/h1-2,5-6,12H,3-4,7-9H2,(H,18,19). The highest BCUT2D eigenvalue weighted by Gasteiger charge is 2.36. The number of rotatable bonds is 2. The molecule has 1 fully saturated rings. The molecular formula is C14H16F3N3. The molecule has 1 aromatic heterocycles. The van der Waals surface area contributed by atoms with Crippen molar-refractivity contribution in [3.05, 3.63) is 30.1 Å². The SMILES string of the molecule is FC(F)(F)CN1CCCCC1c1nc2ccccc2[nH]1. The van der Waals surface area contributed by atoms with Gasteiger partial charge in [0.05, 0.1) is 23.6 Å². The maximum atomic E-state index is 12.7. The summed E-state index contributed by atoms with van der Waals surface area (Å²) in [5, 5.41) is 0. The number of nitrogens with one attached hydrogen (secondary N) is 1. The van der Waals surface area contributed by atoms with Gasteiger partial charge in [-0.05, 0) is 31.5 Å². The van der Waals surface area contributed by atoms with Crippen molar-refractivity contribution < 1.29 is 13.2 Å². The number of hydrogen-bond acceptors (Lipinski definition) is 2. The molecule has 1 unspecified atom stereocenters. The van der Waals surface area contributed by atoms with Crippen LogP contribution in [-0.4, -0.2) is 34.1 Å². The van der Waals surface area contributed by atoms with Crippen LogP contribution in [0.15, 0.2) is 24.3 Å². The van der Waals surface area contributed by atoms with Crippen LogP contribution < -0.4 is 0 Å². The maximum absolute atomic E-state index is 12.7. The van der Waals surface area contributed by atoms with Crippen molar-refractivity contribution >= 4 is 11.0 Å². The van der Waals surface area contributed by atoms with Crippen LogP contribution in [-0.2, 0) is 0 Å². The Bertz CT molecular complexity index is 558. The van der Waals surface area contributed by atoms with Crippen LogP contribution in [0.1, 0.15) is 31.1 Å². The van der Waals surface area contributed by atoms with Crippen LogP contribution in [0, 0.1) is 0 Å². The summed E-state index contributed by atoms with van der Waals surface area (Å²) in [4.78, 5) is 9.10. The number of halogens is 3. The third-order valence-electron chi connectivity index (χ3n) is 3.72. The summed E-state index contributed by atoms with van der Waals surface area (Å²) in [6.45, 7) is -0.393. The van der Waals surface area contributed by atoms with E-state index in [-0.39, 0.29) is 6.04 Å². The van der Waals surface area contributed by atoms with E-state index < -0.39 is 12.7 Å². The lowest BCUT2D eigenvalue weighted by Gasteiger charge is -2.34. The zero-order chi connectivity index (χ0) is 14.2. The second kappa shape index (κ2) is 5.09. The van der Waals surface area contributed by atoms with Gasteiger partial charge < -0.3 is 4.98 Å². The maximum Gasteiger partial charge on any atom is 0.401 e.